The molecule has 0 spiro atoms. The number of alkyl halides is 1. The van der Waals surface area contributed by atoms with Gasteiger partial charge in [-0.05, 0) is 30.5 Å². The molecule has 2 aromatic rings. The summed E-state index contributed by atoms with van der Waals surface area (Å²) in [6.07, 6.45) is 6.05. The van der Waals surface area contributed by atoms with E-state index in [4.69, 9.17) is 23.2 Å². The second-order valence-corrected chi connectivity index (χ2v) is 4.90. The topological polar surface area (TPSA) is 30.7 Å². The Morgan fingerprint density at radius 1 is 1.41 bits per heavy atom. The summed E-state index contributed by atoms with van der Waals surface area (Å²) in [5, 5.41) is 5.11. The van der Waals surface area contributed by atoms with E-state index in [-0.39, 0.29) is 0 Å². The fraction of sp³-hybridized carbons (Fsp3) is 0.333. The number of hydrogen-bond donors (Lipinski definition) is 0. The van der Waals surface area contributed by atoms with E-state index < -0.39 is 0 Å². The zero-order valence-electron chi connectivity index (χ0n) is 9.11. The van der Waals surface area contributed by atoms with Gasteiger partial charge in [0.05, 0.1) is 10.7 Å². The molecule has 2 aromatic heterocycles. The standard InChI is InChI=1S/C12H11Cl2N3/c13-6-9-5-12(15-7-10(9)14)17-4-3-11(16-17)8-1-2-8/h3-5,7-8H,1-2,6H2. The predicted octanol–water partition coefficient (Wildman–Crippen LogP) is 3.54. The van der Waals surface area contributed by atoms with Gasteiger partial charge in [0, 0.05) is 24.2 Å². The summed E-state index contributed by atoms with van der Waals surface area (Å²) in [5.41, 5.74) is 2.02. The third-order valence-electron chi connectivity index (χ3n) is 2.90. The van der Waals surface area contributed by atoms with Crippen LogP contribution in [-0.2, 0) is 5.88 Å². The lowest BCUT2D eigenvalue weighted by atomic mass is 10.3. The van der Waals surface area contributed by atoms with Crippen LogP contribution in [0.1, 0.15) is 30.0 Å². The van der Waals surface area contributed by atoms with Gasteiger partial charge in [0.2, 0.25) is 0 Å². The minimum absolute atomic E-state index is 0.380. The van der Waals surface area contributed by atoms with Crippen molar-refractivity contribution < 1.29 is 0 Å². The van der Waals surface area contributed by atoms with Crippen molar-refractivity contribution in [2.75, 3.05) is 0 Å². The maximum atomic E-state index is 5.97. The van der Waals surface area contributed by atoms with Gasteiger partial charge >= 0.3 is 0 Å². The number of nitrogens with zero attached hydrogens (tertiary/aromatic N) is 3. The van der Waals surface area contributed by atoms with E-state index in [1.807, 2.05) is 18.3 Å². The number of pyridine rings is 1. The molecular formula is C12H11Cl2N3. The average Bonchev–Trinajstić information content (AvgIpc) is 3.08. The van der Waals surface area contributed by atoms with Gasteiger partial charge in [-0.25, -0.2) is 9.67 Å². The van der Waals surface area contributed by atoms with Crippen LogP contribution in [0, 0.1) is 0 Å². The highest BCUT2D eigenvalue weighted by Gasteiger charge is 2.25. The number of halogens is 2. The fourth-order valence-corrected chi connectivity index (χ4v) is 2.22. The summed E-state index contributed by atoms with van der Waals surface area (Å²) in [7, 11) is 0. The normalized spacial score (nSPS) is 15.2. The summed E-state index contributed by atoms with van der Waals surface area (Å²) < 4.78 is 1.78. The van der Waals surface area contributed by atoms with Crippen LogP contribution in [0.5, 0.6) is 0 Å². The van der Waals surface area contributed by atoms with Crippen molar-refractivity contribution in [2.24, 2.45) is 0 Å². The molecule has 0 N–H and O–H groups in total. The second kappa shape index (κ2) is 4.31. The molecule has 5 heteroatoms. The van der Waals surface area contributed by atoms with Crippen molar-refractivity contribution in [1.82, 2.24) is 14.8 Å². The quantitative estimate of drug-likeness (QED) is 0.797. The van der Waals surface area contributed by atoms with Crippen LogP contribution in [0.4, 0.5) is 0 Å². The van der Waals surface area contributed by atoms with E-state index in [1.165, 1.54) is 12.8 Å². The highest BCUT2D eigenvalue weighted by molar-refractivity contribution is 6.32. The van der Waals surface area contributed by atoms with Crippen molar-refractivity contribution in [3.05, 3.63) is 40.8 Å². The Morgan fingerprint density at radius 2 is 2.24 bits per heavy atom. The van der Waals surface area contributed by atoms with Gasteiger partial charge in [-0.15, -0.1) is 11.6 Å². The number of aromatic nitrogens is 3. The first-order valence-corrected chi connectivity index (χ1v) is 6.45. The molecule has 0 unspecified atom stereocenters. The van der Waals surface area contributed by atoms with Crippen molar-refractivity contribution in [2.45, 2.75) is 24.6 Å². The van der Waals surface area contributed by atoms with E-state index in [0.29, 0.717) is 16.8 Å². The van der Waals surface area contributed by atoms with Gasteiger partial charge in [0.1, 0.15) is 0 Å². The van der Waals surface area contributed by atoms with Crippen molar-refractivity contribution in [1.29, 1.82) is 0 Å². The first-order valence-electron chi connectivity index (χ1n) is 5.54. The monoisotopic (exact) mass is 267 g/mol. The third-order valence-corrected chi connectivity index (χ3v) is 3.53. The molecule has 1 aliphatic carbocycles. The highest BCUT2D eigenvalue weighted by atomic mass is 35.5. The van der Waals surface area contributed by atoms with Crippen LogP contribution >= 0.6 is 23.2 Å². The van der Waals surface area contributed by atoms with Gasteiger partial charge in [-0.1, -0.05) is 11.6 Å². The number of hydrogen-bond acceptors (Lipinski definition) is 2. The minimum Gasteiger partial charge on any atom is -0.236 e. The van der Waals surface area contributed by atoms with Crippen LogP contribution in [0.25, 0.3) is 5.82 Å². The number of rotatable bonds is 3. The summed E-state index contributed by atoms with van der Waals surface area (Å²) in [5.74, 6) is 1.79. The Kier molecular flexibility index (Phi) is 2.81. The molecule has 0 bridgehead atoms. The molecule has 1 saturated carbocycles. The van der Waals surface area contributed by atoms with Gasteiger partial charge < -0.3 is 0 Å². The molecule has 0 saturated heterocycles. The molecule has 1 fully saturated rings. The summed E-state index contributed by atoms with van der Waals surface area (Å²) >= 11 is 11.8. The second-order valence-electron chi connectivity index (χ2n) is 4.23. The SMILES string of the molecule is ClCc1cc(-n2ccc(C3CC3)n2)ncc1Cl. The minimum atomic E-state index is 0.380. The third kappa shape index (κ3) is 2.17. The van der Waals surface area contributed by atoms with Crippen LogP contribution in [0.15, 0.2) is 24.5 Å². The van der Waals surface area contributed by atoms with Gasteiger partial charge in [0.15, 0.2) is 5.82 Å². The lowest BCUT2D eigenvalue weighted by molar-refractivity contribution is 0.811. The van der Waals surface area contributed by atoms with Crippen molar-refractivity contribution in [3.8, 4) is 5.82 Å². The first kappa shape index (κ1) is 11.1. The van der Waals surface area contributed by atoms with Crippen LogP contribution < -0.4 is 0 Å². The molecular weight excluding hydrogens is 257 g/mol. The predicted molar refractivity (Wildman–Crippen MR) is 67.9 cm³/mol. The molecule has 1 aliphatic rings. The summed E-state index contributed by atoms with van der Waals surface area (Å²) in [6, 6.07) is 3.92. The van der Waals surface area contributed by atoms with Gasteiger partial charge in [0.25, 0.3) is 0 Å². The Bertz CT molecular complexity index is 546. The molecule has 0 aliphatic heterocycles. The van der Waals surface area contributed by atoms with E-state index in [0.717, 1.165) is 17.1 Å². The van der Waals surface area contributed by atoms with Crippen LogP contribution in [0.3, 0.4) is 0 Å². The van der Waals surface area contributed by atoms with Gasteiger partial charge in [-0.3, -0.25) is 0 Å². The molecule has 2 heterocycles. The lowest BCUT2D eigenvalue weighted by Crippen LogP contribution is -2.00. The Balaban J connectivity index is 1.96. The lowest BCUT2D eigenvalue weighted by Gasteiger charge is -2.04. The summed E-state index contributed by atoms with van der Waals surface area (Å²) in [6.45, 7) is 0. The Morgan fingerprint density at radius 3 is 2.94 bits per heavy atom. The molecule has 0 atom stereocenters. The molecule has 17 heavy (non-hydrogen) atoms. The van der Waals surface area contributed by atoms with Crippen LogP contribution in [0.2, 0.25) is 5.02 Å². The Hall–Kier alpha value is -1.06. The molecule has 3 nitrogen and oxygen atoms in total. The summed E-state index contributed by atoms with van der Waals surface area (Å²) in [4.78, 5) is 4.26. The van der Waals surface area contributed by atoms with Crippen molar-refractivity contribution >= 4 is 23.2 Å². The van der Waals surface area contributed by atoms with E-state index in [2.05, 4.69) is 10.1 Å². The zero-order chi connectivity index (χ0) is 11.8. The van der Waals surface area contributed by atoms with E-state index >= 15 is 0 Å². The van der Waals surface area contributed by atoms with E-state index in [1.54, 1.807) is 10.9 Å². The zero-order valence-corrected chi connectivity index (χ0v) is 10.6. The maximum Gasteiger partial charge on any atom is 0.153 e. The smallest absolute Gasteiger partial charge is 0.153 e. The van der Waals surface area contributed by atoms with Crippen LogP contribution in [-0.4, -0.2) is 14.8 Å². The molecule has 88 valence electrons. The Labute approximate surface area is 109 Å². The fourth-order valence-electron chi connectivity index (χ4n) is 1.76. The van der Waals surface area contributed by atoms with Crippen molar-refractivity contribution in [3.63, 3.8) is 0 Å². The average molecular weight is 268 g/mol. The maximum absolute atomic E-state index is 5.97. The first-order chi connectivity index (χ1) is 8.28. The molecule has 0 amide bonds. The van der Waals surface area contributed by atoms with E-state index in [9.17, 15) is 0 Å². The highest BCUT2D eigenvalue weighted by Crippen LogP contribution is 2.39. The van der Waals surface area contributed by atoms with Gasteiger partial charge in [-0.2, -0.15) is 5.10 Å². The molecule has 3 rings (SSSR count). The molecule has 0 radical (unpaired) electrons. The largest absolute Gasteiger partial charge is 0.236 e. The molecule has 0 aromatic carbocycles.